The van der Waals surface area contributed by atoms with Crippen LogP contribution in [0.25, 0.3) is 0 Å². The van der Waals surface area contributed by atoms with E-state index in [-0.39, 0.29) is 4.90 Å². The highest BCUT2D eigenvalue weighted by atomic mass is 127. The summed E-state index contributed by atoms with van der Waals surface area (Å²) in [4.78, 5) is 0.270. The van der Waals surface area contributed by atoms with Crippen LogP contribution in [-0.4, -0.2) is 22.1 Å². The van der Waals surface area contributed by atoms with Gasteiger partial charge in [0, 0.05) is 6.54 Å². The fraction of sp³-hybridized carbons (Fsp3) is 0.400. The Labute approximate surface area is 110 Å². The summed E-state index contributed by atoms with van der Waals surface area (Å²) < 4.78 is 31.9. The summed E-state index contributed by atoms with van der Waals surface area (Å²) in [5, 5.41) is 0. The Morgan fingerprint density at radius 3 is 2.62 bits per heavy atom. The van der Waals surface area contributed by atoms with Crippen LogP contribution in [-0.2, 0) is 10.0 Å². The van der Waals surface area contributed by atoms with Crippen LogP contribution in [0.1, 0.15) is 13.3 Å². The second-order valence-electron chi connectivity index (χ2n) is 3.19. The van der Waals surface area contributed by atoms with E-state index < -0.39 is 10.0 Å². The maximum atomic E-state index is 11.8. The lowest BCUT2D eigenvalue weighted by atomic mass is 10.3. The van der Waals surface area contributed by atoms with E-state index in [1.165, 1.54) is 0 Å². The zero-order valence-corrected chi connectivity index (χ0v) is 12.1. The first-order valence-electron chi connectivity index (χ1n) is 4.84. The zero-order chi connectivity index (χ0) is 12.2. The van der Waals surface area contributed by atoms with Crippen molar-refractivity contribution < 1.29 is 13.2 Å². The van der Waals surface area contributed by atoms with E-state index in [1.807, 2.05) is 29.5 Å². The van der Waals surface area contributed by atoms with Gasteiger partial charge < -0.3 is 4.74 Å². The maximum absolute atomic E-state index is 11.8. The lowest BCUT2D eigenvalue weighted by Gasteiger charge is -2.08. The Hall–Kier alpha value is -0.340. The Bertz CT molecular complexity index is 459. The molecule has 0 amide bonds. The van der Waals surface area contributed by atoms with Crippen LogP contribution in [0.5, 0.6) is 5.75 Å². The third kappa shape index (κ3) is 3.33. The molecule has 0 saturated heterocycles. The van der Waals surface area contributed by atoms with Crippen molar-refractivity contribution in [1.82, 2.24) is 4.72 Å². The van der Waals surface area contributed by atoms with Gasteiger partial charge >= 0.3 is 0 Å². The molecule has 0 atom stereocenters. The van der Waals surface area contributed by atoms with Gasteiger partial charge in [-0.05, 0) is 47.2 Å². The normalized spacial score (nSPS) is 11.4. The lowest BCUT2D eigenvalue weighted by molar-refractivity contribution is 0.411. The van der Waals surface area contributed by atoms with Crippen LogP contribution in [0.3, 0.4) is 0 Å². The number of benzene rings is 1. The quantitative estimate of drug-likeness (QED) is 0.822. The van der Waals surface area contributed by atoms with Gasteiger partial charge in [0.2, 0.25) is 10.0 Å². The third-order valence-electron chi connectivity index (χ3n) is 1.98. The first-order valence-corrected chi connectivity index (χ1v) is 7.40. The van der Waals surface area contributed by atoms with Crippen LogP contribution in [0.2, 0.25) is 0 Å². The molecule has 0 aromatic heterocycles. The first kappa shape index (κ1) is 13.7. The smallest absolute Gasteiger partial charge is 0.240 e. The highest BCUT2D eigenvalue weighted by Crippen LogP contribution is 2.23. The van der Waals surface area contributed by atoms with Crippen molar-refractivity contribution >= 4 is 32.6 Å². The summed E-state index contributed by atoms with van der Waals surface area (Å²) in [6, 6.07) is 4.79. The minimum Gasteiger partial charge on any atom is -0.496 e. The average molecular weight is 355 g/mol. The largest absolute Gasteiger partial charge is 0.496 e. The van der Waals surface area contributed by atoms with E-state index >= 15 is 0 Å². The summed E-state index contributed by atoms with van der Waals surface area (Å²) in [6.07, 6.45) is 0.770. The first-order chi connectivity index (χ1) is 7.51. The number of methoxy groups -OCH3 is 1. The molecular formula is C10H14INO3S. The Morgan fingerprint density at radius 2 is 2.12 bits per heavy atom. The predicted molar refractivity (Wildman–Crippen MR) is 71.2 cm³/mol. The molecule has 1 rings (SSSR count). The molecule has 0 heterocycles. The fourth-order valence-electron chi connectivity index (χ4n) is 1.13. The Kier molecular flexibility index (Phi) is 5.00. The zero-order valence-electron chi connectivity index (χ0n) is 9.16. The molecule has 6 heteroatoms. The number of hydrogen-bond donors (Lipinski definition) is 1. The van der Waals surface area contributed by atoms with Crippen molar-refractivity contribution in [1.29, 1.82) is 0 Å². The molecule has 0 aliphatic rings. The van der Waals surface area contributed by atoms with Crippen molar-refractivity contribution in [3.05, 3.63) is 21.8 Å². The van der Waals surface area contributed by atoms with Gasteiger partial charge in [-0.3, -0.25) is 0 Å². The van der Waals surface area contributed by atoms with E-state index in [0.717, 1.165) is 9.99 Å². The molecule has 0 aliphatic carbocycles. The summed E-state index contributed by atoms with van der Waals surface area (Å²) in [5.74, 6) is 0.676. The third-order valence-corrected chi connectivity index (χ3v) is 4.28. The summed E-state index contributed by atoms with van der Waals surface area (Å²) >= 11 is 2.05. The van der Waals surface area contributed by atoms with Gasteiger partial charge in [0.1, 0.15) is 5.75 Å². The second-order valence-corrected chi connectivity index (χ2v) is 6.12. The Morgan fingerprint density at radius 1 is 1.44 bits per heavy atom. The molecule has 0 unspecified atom stereocenters. The van der Waals surface area contributed by atoms with E-state index in [0.29, 0.717) is 12.3 Å². The van der Waals surface area contributed by atoms with E-state index in [1.54, 1.807) is 25.3 Å². The molecule has 1 N–H and O–H groups in total. The van der Waals surface area contributed by atoms with Crippen LogP contribution < -0.4 is 9.46 Å². The molecular weight excluding hydrogens is 341 g/mol. The van der Waals surface area contributed by atoms with Crippen LogP contribution in [0, 0.1) is 3.57 Å². The van der Waals surface area contributed by atoms with Crippen molar-refractivity contribution in [2.45, 2.75) is 18.2 Å². The minimum absolute atomic E-state index is 0.270. The number of hydrogen-bond acceptors (Lipinski definition) is 3. The van der Waals surface area contributed by atoms with Gasteiger partial charge in [0.25, 0.3) is 0 Å². The number of sulfonamides is 1. The topological polar surface area (TPSA) is 55.4 Å². The molecule has 1 aromatic carbocycles. The summed E-state index contributed by atoms with van der Waals surface area (Å²) in [7, 11) is -1.82. The fourth-order valence-corrected chi connectivity index (χ4v) is 3.24. The Balaban J connectivity index is 3.01. The molecule has 0 spiro atoms. The second kappa shape index (κ2) is 5.83. The van der Waals surface area contributed by atoms with Crippen molar-refractivity contribution in [2.75, 3.05) is 13.7 Å². The standard InChI is InChI=1S/C10H14INO3S/c1-3-6-12-16(13,14)8-4-5-10(15-2)9(11)7-8/h4-5,7,12H,3,6H2,1-2H3. The van der Waals surface area contributed by atoms with Gasteiger partial charge in [0.15, 0.2) is 0 Å². The monoisotopic (exact) mass is 355 g/mol. The van der Waals surface area contributed by atoms with Crippen molar-refractivity contribution in [2.24, 2.45) is 0 Å². The summed E-state index contributed by atoms with van der Waals surface area (Å²) in [5.41, 5.74) is 0. The molecule has 0 saturated carbocycles. The summed E-state index contributed by atoms with van der Waals surface area (Å²) in [6.45, 7) is 2.37. The molecule has 16 heavy (non-hydrogen) atoms. The van der Waals surface area contributed by atoms with Crippen LogP contribution in [0.4, 0.5) is 0 Å². The van der Waals surface area contributed by atoms with E-state index in [4.69, 9.17) is 4.74 Å². The molecule has 0 aliphatic heterocycles. The maximum Gasteiger partial charge on any atom is 0.240 e. The SMILES string of the molecule is CCCNS(=O)(=O)c1ccc(OC)c(I)c1. The highest BCUT2D eigenvalue weighted by Gasteiger charge is 2.14. The highest BCUT2D eigenvalue weighted by molar-refractivity contribution is 14.1. The molecule has 4 nitrogen and oxygen atoms in total. The van der Waals surface area contributed by atoms with E-state index in [2.05, 4.69) is 4.72 Å². The lowest BCUT2D eigenvalue weighted by Crippen LogP contribution is -2.24. The molecule has 90 valence electrons. The number of ether oxygens (including phenoxy) is 1. The number of halogens is 1. The van der Waals surface area contributed by atoms with Crippen LogP contribution in [0.15, 0.2) is 23.1 Å². The van der Waals surface area contributed by atoms with Crippen molar-refractivity contribution in [3.63, 3.8) is 0 Å². The number of nitrogens with one attached hydrogen (secondary N) is 1. The molecule has 0 radical (unpaired) electrons. The van der Waals surface area contributed by atoms with Gasteiger partial charge in [-0.15, -0.1) is 0 Å². The molecule has 0 fully saturated rings. The van der Waals surface area contributed by atoms with E-state index in [9.17, 15) is 8.42 Å². The minimum atomic E-state index is -3.38. The number of rotatable bonds is 5. The molecule has 0 bridgehead atoms. The molecule has 1 aromatic rings. The van der Waals surface area contributed by atoms with Crippen molar-refractivity contribution in [3.8, 4) is 5.75 Å². The van der Waals surface area contributed by atoms with Gasteiger partial charge in [-0.1, -0.05) is 6.92 Å². The predicted octanol–water partition coefficient (Wildman–Crippen LogP) is 1.99. The average Bonchev–Trinajstić information content (AvgIpc) is 2.26. The van der Waals surface area contributed by atoms with Gasteiger partial charge in [-0.2, -0.15) is 0 Å². The van der Waals surface area contributed by atoms with Gasteiger partial charge in [-0.25, -0.2) is 13.1 Å². The van der Waals surface area contributed by atoms with Gasteiger partial charge in [0.05, 0.1) is 15.6 Å². The van der Waals surface area contributed by atoms with Crippen LogP contribution >= 0.6 is 22.6 Å².